The van der Waals surface area contributed by atoms with E-state index in [2.05, 4.69) is 0 Å². The fraction of sp³-hybridized carbons (Fsp3) is 0.909. The maximum absolute atomic E-state index is 11.8. The van der Waals surface area contributed by atoms with Crippen molar-refractivity contribution in [1.82, 2.24) is 0 Å². The number of unbranched alkanes of at least 4 members (excludes halogenated alkanes) is 1. The molecule has 0 aromatic carbocycles. The van der Waals surface area contributed by atoms with E-state index in [4.69, 9.17) is 4.74 Å². The topological polar surface area (TPSA) is 26.3 Å². The number of halogens is 1. The van der Waals surface area contributed by atoms with Gasteiger partial charge in [0, 0.05) is 0 Å². The van der Waals surface area contributed by atoms with Gasteiger partial charge >= 0.3 is 5.97 Å². The van der Waals surface area contributed by atoms with E-state index >= 15 is 0 Å². The molecule has 2 nitrogen and oxygen atoms in total. The van der Waals surface area contributed by atoms with Gasteiger partial charge in [0.25, 0.3) is 0 Å². The van der Waals surface area contributed by atoms with E-state index in [0.717, 1.165) is 25.0 Å². The molecular weight excluding hydrogens is 215 g/mol. The molecule has 0 aromatic heterocycles. The average Bonchev–Trinajstić information content (AvgIpc) is 2.23. The number of ether oxygens (including phenoxy) is 1. The van der Waals surface area contributed by atoms with Crippen LogP contribution in [-0.4, -0.2) is 30.3 Å². The highest BCUT2D eigenvalue weighted by Crippen LogP contribution is 2.19. The zero-order valence-corrected chi connectivity index (χ0v) is 10.4. The Morgan fingerprint density at radius 1 is 1.40 bits per heavy atom. The van der Waals surface area contributed by atoms with Gasteiger partial charge in [-0.25, -0.2) is 0 Å². The van der Waals surface area contributed by atoms with E-state index in [1.165, 1.54) is 0 Å². The Kier molecular flexibility index (Phi) is 10.1. The normalized spacial score (nSPS) is 12.5. The molecule has 15 heavy (non-hydrogen) atoms. The van der Waals surface area contributed by atoms with Gasteiger partial charge in [0.05, 0.1) is 13.3 Å². The molecular formula is C11H21FO2S. The van der Waals surface area contributed by atoms with Gasteiger partial charge in [-0.05, 0) is 31.9 Å². The Morgan fingerprint density at radius 3 is 2.67 bits per heavy atom. The summed E-state index contributed by atoms with van der Waals surface area (Å²) in [5.41, 5.74) is 0. The SMILES string of the molecule is CCCC(SCCCCF)C(=O)OCC. The number of hydrogen-bond acceptors (Lipinski definition) is 3. The van der Waals surface area contributed by atoms with E-state index in [-0.39, 0.29) is 17.9 Å². The molecule has 0 bridgehead atoms. The van der Waals surface area contributed by atoms with E-state index in [1.54, 1.807) is 11.8 Å². The summed E-state index contributed by atoms with van der Waals surface area (Å²) in [7, 11) is 0. The van der Waals surface area contributed by atoms with Crippen LogP contribution in [0.15, 0.2) is 0 Å². The van der Waals surface area contributed by atoms with Crippen LogP contribution in [-0.2, 0) is 9.53 Å². The summed E-state index contributed by atoms with van der Waals surface area (Å²) in [6.45, 7) is 4.03. The lowest BCUT2D eigenvalue weighted by Crippen LogP contribution is -2.20. The first-order valence-electron chi connectivity index (χ1n) is 5.60. The average molecular weight is 236 g/mol. The van der Waals surface area contributed by atoms with Gasteiger partial charge in [-0.3, -0.25) is 9.18 Å². The number of thioether (sulfide) groups is 1. The Bertz CT molecular complexity index is 165. The van der Waals surface area contributed by atoms with Gasteiger partial charge in [0.15, 0.2) is 0 Å². The minimum Gasteiger partial charge on any atom is -0.465 e. The third kappa shape index (κ3) is 7.65. The summed E-state index contributed by atoms with van der Waals surface area (Å²) in [6.07, 6.45) is 3.24. The molecule has 0 aliphatic carbocycles. The van der Waals surface area contributed by atoms with E-state index in [1.807, 2.05) is 13.8 Å². The molecule has 90 valence electrons. The summed E-state index contributed by atoms with van der Waals surface area (Å²) in [6, 6.07) is 0. The van der Waals surface area contributed by atoms with Crippen molar-refractivity contribution in [1.29, 1.82) is 0 Å². The molecule has 0 aliphatic rings. The van der Waals surface area contributed by atoms with Crippen LogP contribution in [0.3, 0.4) is 0 Å². The van der Waals surface area contributed by atoms with Crippen LogP contribution in [0, 0.1) is 0 Å². The Hall–Kier alpha value is -0.250. The van der Waals surface area contributed by atoms with Crippen LogP contribution in [0.2, 0.25) is 0 Å². The molecule has 4 heteroatoms. The molecule has 0 aromatic rings. The third-order valence-corrected chi connectivity index (χ3v) is 3.30. The second-order valence-corrected chi connectivity index (χ2v) is 4.61. The molecule has 0 heterocycles. The van der Waals surface area contributed by atoms with E-state index in [9.17, 15) is 9.18 Å². The van der Waals surface area contributed by atoms with Crippen molar-refractivity contribution in [2.45, 2.75) is 44.8 Å². The Morgan fingerprint density at radius 2 is 2.13 bits per heavy atom. The van der Waals surface area contributed by atoms with Crippen molar-refractivity contribution in [2.24, 2.45) is 0 Å². The highest BCUT2D eigenvalue weighted by atomic mass is 32.2. The number of esters is 1. The zero-order valence-electron chi connectivity index (χ0n) is 9.63. The van der Waals surface area contributed by atoms with Gasteiger partial charge in [0.2, 0.25) is 0 Å². The van der Waals surface area contributed by atoms with Crippen molar-refractivity contribution in [3.05, 3.63) is 0 Å². The first-order chi connectivity index (χ1) is 7.26. The maximum Gasteiger partial charge on any atom is 0.319 e. The molecule has 0 spiro atoms. The lowest BCUT2D eigenvalue weighted by Gasteiger charge is -2.13. The molecule has 0 aliphatic heterocycles. The molecule has 0 saturated heterocycles. The smallest absolute Gasteiger partial charge is 0.319 e. The van der Waals surface area contributed by atoms with Crippen LogP contribution in [0.25, 0.3) is 0 Å². The first kappa shape index (κ1) is 14.8. The maximum atomic E-state index is 11.8. The highest BCUT2D eigenvalue weighted by molar-refractivity contribution is 8.00. The van der Waals surface area contributed by atoms with Crippen LogP contribution < -0.4 is 0 Å². The van der Waals surface area contributed by atoms with E-state index < -0.39 is 0 Å². The summed E-state index contributed by atoms with van der Waals surface area (Å²) in [4.78, 5) is 11.5. The predicted octanol–water partition coefficient (Wildman–Crippen LogP) is 3.20. The van der Waals surface area contributed by atoms with Crippen LogP contribution in [0.5, 0.6) is 0 Å². The first-order valence-corrected chi connectivity index (χ1v) is 6.65. The number of carbonyl (C=O) groups is 1. The summed E-state index contributed by atoms with van der Waals surface area (Å²) >= 11 is 1.59. The number of alkyl halides is 1. The molecule has 1 unspecified atom stereocenters. The minimum atomic E-state index is -0.265. The third-order valence-electron chi connectivity index (χ3n) is 1.95. The van der Waals surface area contributed by atoms with Crippen LogP contribution in [0.1, 0.15) is 39.5 Å². The lowest BCUT2D eigenvalue weighted by atomic mass is 10.2. The largest absolute Gasteiger partial charge is 0.465 e. The standard InChI is InChI=1S/C11H21FO2S/c1-3-7-10(11(13)14-4-2)15-9-6-5-8-12/h10H,3-9H2,1-2H3. The summed E-state index contributed by atoms with van der Waals surface area (Å²) in [5.74, 6) is 0.720. The van der Waals surface area contributed by atoms with Crippen molar-refractivity contribution < 1.29 is 13.9 Å². The van der Waals surface area contributed by atoms with E-state index in [0.29, 0.717) is 13.0 Å². The van der Waals surface area contributed by atoms with Gasteiger partial charge in [-0.15, -0.1) is 11.8 Å². The highest BCUT2D eigenvalue weighted by Gasteiger charge is 2.18. The second kappa shape index (κ2) is 10.3. The van der Waals surface area contributed by atoms with Gasteiger partial charge < -0.3 is 4.74 Å². The lowest BCUT2D eigenvalue weighted by molar-refractivity contribution is -0.142. The number of hydrogen-bond donors (Lipinski definition) is 0. The quantitative estimate of drug-likeness (QED) is 0.454. The van der Waals surface area contributed by atoms with Crippen molar-refractivity contribution in [2.75, 3.05) is 19.0 Å². The monoisotopic (exact) mass is 236 g/mol. The molecule has 0 fully saturated rings. The fourth-order valence-corrected chi connectivity index (χ4v) is 2.45. The van der Waals surface area contributed by atoms with Crippen molar-refractivity contribution >= 4 is 17.7 Å². The number of rotatable bonds is 9. The van der Waals surface area contributed by atoms with Gasteiger partial charge in [-0.1, -0.05) is 13.3 Å². The van der Waals surface area contributed by atoms with Crippen LogP contribution in [0.4, 0.5) is 4.39 Å². The number of carbonyl (C=O) groups excluding carboxylic acids is 1. The molecule has 0 saturated carbocycles. The van der Waals surface area contributed by atoms with Crippen molar-refractivity contribution in [3.8, 4) is 0 Å². The summed E-state index contributed by atoms with van der Waals surface area (Å²) < 4.78 is 16.8. The Labute approximate surface area is 96.0 Å². The fourth-order valence-electron chi connectivity index (χ4n) is 1.19. The van der Waals surface area contributed by atoms with Gasteiger partial charge in [0.1, 0.15) is 5.25 Å². The molecule has 0 N–H and O–H groups in total. The van der Waals surface area contributed by atoms with Crippen LogP contribution >= 0.6 is 11.8 Å². The predicted molar refractivity (Wildman–Crippen MR) is 63.0 cm³/mol. The summed E-state index contributed by atoms with van der Waals surface area (Å²) in [5, 5.41) is -0.0606. The van der Waals surface area contributed by atoms with Gasteiger partial charge in [-0.2, -0.15) is 0 Å². The molecule has 1 atom stereocenters. The Balaban J connectivity index is 3.76. The molecule has 0 radical (unpaired) electrons. The molecule has 0 rings (SSSR count). The van der Waals surface area contributed by atoms with Crippen molar-refractivity contribution in [3.63, 3.8) is 0 Å². The zero-order chi connectivity index (χ0) is 11.5. The minimum absolute atomic E-state index is 0.0606. The second-order valence-electron chi connectivity index (χ2n) is 3.30. The molecule has 0 amide bonds.